The largest absolute Gasteiger partial charge is 0.545 e. The maximum absolute atomic E-state index is 12.7. The van der Waals surface area contributed by atoms with E-state index in [-0.39, 0.29) is 38.6 Å². The van der Waals surface area contributed by atoms with E-state index in [1.54, 1.807) is 0 Å². The molecular weight excluding hydrogens is 731 g/mol. The number of aliphatic carboxylic acids is 1. The number of unbranched alkanes of at least 4 members (excludes halogenated alkanes) is 7. The fraction of sp³-hybridized carbons (Fsp3) is 0.612. The van der Waals surface area contributed by atoms with Crippen molar-refractivity contribution in [1.82, 2.24) is 0 Å². The van der Waals surface area contributed by atoms with Gasteiger partial charge in [-0.3, -0.25) is 9.59 Å². The number of hydrogen-bond acceptors (Lipinski definition) is 8. The Balaban J connectivity index is 4.38. The highest BCUT2D eigenvalue weighted by Crippen LogP contribution is 2.10. The van der Waals surface area contributed by atoms with Crippen LogP contribution in [0.3, 0.4) is 0 Å². The molecule has 2 atom stereocenters. The molecule has 0 aromatic rings. The summed E-state index contributed by atoms with van der Waals surface area (Å²) in [7, 11) is 5.87. The molecule has 0 N–H and O–H groups in total. The van der Waals surface area contributed by atoms with Gasteiger partial charge in [0.1, 0.15) is 13.2 Å². The van der Waals surface area contributed by atoms with E-state index in [1.807, 2.05) is 21.1 Å². The van der Waals surface area contributed by atoms with Crippen LogP contribution >= 0.6 is 0 Å². The molecule has 0 heterocycles. The number of esters is 2. The first-order chi connectivity index (χ1) is 28.1. The van der Waals surface area contributed by atoms with Crippen molar-refractivity contribution in [3.8, 4) is 0 Å². The van der Waals surface area contributed by atoms with Gasteiger partial charge >= 0.3 is 11.9 Å². The monoisotopic (exact) mass is 810 g/mol. The summed E-state index contributed by atoms with van der Waals surface area (Å²) in [5.41, 5.74) is 0. The van der Waals surface area contributed by atoms with Gasteiger partial charge in [-0.2, -0.15) is 0 Å². The molecule has 0 spiro atoms. The summed E-state index contributed by atoms with van der Waals surface area (Å²) >= 11 is 0. The highest BCUT2D eigenvalue weighted by Gasteiger charge is 2.21. The van der Waals surface area contributed by atoms with E-state index in [9.17, 15) is 19.5 Å². The predicted molar refractivity (Wildman–Crippen MR) is 237 cm³/mol. The van der Waals surface area contributed by atoms with E-state index in [0.29, 0.717) is 17.4 Å². The zero-order valence-corrected chi connectivity index (χ0v) is 36.9. The molecular formula is C49H79NO8. The number of carbonyl (C=O) groups excluding carboxylic acids is 3. The van der Waals surface area contributed by atoms with Gasteiger partial charge in [0.25, 0.3) is 0 Å². The van der Waals surface area contributed by atoms with Crippen molar-refractivity contribution < 1.29 is 42.9 Å². The number of likely N-dealkylation sites (N-methyl/N-ethyl adjacent to an activating group) is 1. The smallest absolute Gasteiger partial charge is 0.306 e. The van der Waals surface area contributed by atoms with E-state index in [0.717, 1.165) is 96.3 Å². The van der Waals surface area contributed by atoms with Crippen molar-refractivity contribution in [3.63, 3.8) is 0 Å². The van der Waals surface area contributed by atoms with Crippen molar-refractivity contribution in [1.29, 1.82) is 0 Å². The molecule has 328 valence electrons. The van der Waals surface area contributed by atoms with Gasteiger partial charge in [-0.15, -0.1) is 0 Å². The number of quaternary nitrogens is 1. The summed E-state index contributed by atoms with van der Waals surface area (Å²) in [5.74, 6) is -2.37. The van der Waals surface area contributed by atoms with Crippen LogP contribution in [0.25, 0.3) is 0 Å². The molecule has 9 nitrogen and oxygen atoms in total. The second-order valence-electron chi connectivity index (χ2n) is 15.3. The minimum Gasteiger partial charge on any atom is -0.545 e. The van der Waals surface area contributed by atoms with Gasteiger partial charge in [0, 0.05) is 12.8 Å². The van der Waals surface area contributed by atoms with Crippen molar-refractivity contribution in [3.05, 3.63) is 97.2 Å². The number of rotatable bonds is 38. The van der Waals surface area contributed by atoms with Crippen LogP contribution in [0.5, 0.6) is 0 Å². The molecule has 9 heteroatoms. The minimum atomic E-state index is -1.63. The zero-order valence-electron chi connectivity index (χ0n) is 36.9. The summed E-state index contributed by atoms with van der Waals surface area (Å²) in [6.07, 6.45) is 49.1. The van der Waals surface area contributed by atoms with E-state index in [2.05, 4.69) is 111 Å². The Hall–Kier alpha value is -3.79. The molecule has 0 saturated carbocycles. The van der Waals surface area contributed by atoms with Crippen molar-refractivity contribution >= 4 is 17.9 Å². The number of nitrogens with zero attached hydrogens (tertiary/aromatic N) is 1. The Labute approximate surface area is 352 Å². The standard InChI is InChI=1S/C49H79NO8/c1-6-8-10-12-14-15-16-17-18-19-20-21-22-23-24-25-26-27-28-29-30-31-32-33-34-36-38-40-47(52)58-45(43-56-46(51)39-37-35-13-11-9-7-2)44-57-49(48(53)54)55-42-41-50(3,4)5/h8,10,14-15,17-18,20-21,23-24,26-27,29-30,32-33,45,49H,6-7,9,11-13,16,19,22,25,28,31,34-44H2,1-5H3/b10-8-,15-14-,18-17-,21-20-,24-23-,27-26-,30-29-,33-32-. The quantitative estimate of drug-likeness (QED) is 0.0199. The molecule has 0 amide bonds. The van der Waals surface area contributed by atoms with E-state index in [4.69, 9.17) is 18.9 Å². The molecule has 58 heavy (non-hydrogen) atoms. The summed E-state index contributed by atoms with van der Waals surface area (Å²) in [4.78, 5) is 36.7. The van der Waals surface area contributed by atoms with Crippen LogP contribution in [-0.4, -0.2) is 82.3 Å². The Bertz CT molecular complexity index is 1270. The summed E-state index contributed by atoms with van der Waals surface area (Å²) in [5, 5.41) is 11.6. The number of hydrogen-bond donors (Lipinski definition) is 0. The molecule has 0 bridgehead atoms. The van der Waals surface area contributed by atoms with Gasteiger partial charge in [0.05, 0.1) is 40.3 Å². The predicted octanol–water partition coefficient (Wildman–Crippen LogP) is 10.2. The van der Waals surface area contributed by atoms with Crippen LogP contribution in [0.15, 0.2) is 97.2 Å². The van der Waals surface area contributed by atoms with Crippen LogP contribution in [0.2, 0.25) is 0 Å². The van der Waals surface area contributed by atoms with Gasteiger partial charge in [-0.1, -0.05) is 143 Å². The fourth-order valence-corrected chi connectivity index (χ4v) is 5.19. The lowest BCUT2D eigenvalue weighted by Crippen LogP contribution is -2.44. The molecule has 0 aromatic heterocycles. The Morgan fingerprint density at radius 2 is 0.983 bits per heavy atom. The average Bonchev–Trinajstić information content (AvgIpc) is 3.18. The van der Waals surface area contributed by atoms with Crippen molar-refractivity contribution in [2.45, 2.75) is 148 Å². The Morgan fingerprint density at radius 3 is 1.47 bits per heavy atom. The first-order valence-electron chi connectivity index (χ1n) is 21.9. The first-order valence-corrected chi connectivity index (χ1v) is 21.9. The lowest BCUT2D eigenvalue weighted by molar-refractivity contribution is -0.870. The summed E-state index contributed by atoms with van der Waals surface area (Å²) in [6.45, 7) is 4.46. The fourth-order valence-electron chi connectivity index (χ4n) is 5.19. The van der Waals surface area contributed by atoms with Crippen LogP contribution < -0.4 is 5.11 Å². The third-order valence-corrected chi connectivity index (χ3v) is 8.60. The molecule has 0 aliphatic heterocycles. The van der Waals surface area contributed by atoms with Gasteiger partial charge in [0.15, 0.2) is 12.4 Å². The van der Waals surface area contributed by atoms with E-state index in [1.165, 1.54) is 6.42 Å². The SMILES string of the molecule is CC/C=C\C/C=C\C/C=C\C/C=C\C/C=C\C/C=C\C/C=C\C/C=C\CCCCC(=O)OC(COC(=O)CCCCCCCC)COC(OCC[N+](C)(C)C)C(=O)[O-]. The lowest BCUT2D eigenvalue weighted by Gasteiger charge is -2.26. The van der Waals surface area contributed by atoms with Crippen LogP contribution in [0, 0.1) is 0 Å². The van der Waals surface area contributed by atoms with Crippen LogP contribution in [-0.2, 0) is 33.3 Å². The molecule has 0 rings (SSSR count). The summed E-state index contributed by atoms with van der Waals surface area (Å²) in [6, 6.07) is 0. The van der Waals surface area contributed by atoms with Crippen molar-refractivity contribution in [2.75, 3.05) is 47.5 Å². The molecule has 0 saturated heterocycles. The number of allylic oxidation sites excluding steroid dienone is 16. The first kappa shape index (κ1) is 54.2. The molecule has 0 aliphatic rings. The molecule has 0 aromatic carbocycles. The molecule has 0 fully saturated rings. The molecule has 0 radical (unpaired) electrons. The maximum atomic E-state index is 12.7. The normalized spacial score (nSPS) is 13.9. The van der Waals surface area contributed by atoms with E-state index < -0.39 is 24.3 Å². The highest BCUT2D eigenvalue weighted by molar-refractivity contribution is 5.70. The zero-order chi connectivity index (χ0) is 42.8. The van der Waals surface area contributed by atoms with Gasteiger partial charge in [-0.25, -0.2) is 0 Å². The number of ether oxygens (including phenoxy) is 4. The number of carboxylic acid groups (broad SMARTS) is 1. The van der Waals surface area contributed by atoms with Gasteiger partial charge < -0.3 is 33.3 Å². The second kappa shape index (κ2) is 40.0. The third-order valence-electron chi connectivity index (χ3n) is 8.60. The minimum absolute atomic E-state index is 0.134. The van der Waals surface area contributed by atoms with Crippen LogP contribution in [0.4, 0.5) is 0 Å². The maximum Gasteiger partial charge on any atom is 0.306 e. The van der Waals surface area contributed by atoms with E-state index >= 15 is 0 Å². The number of carboxylic acids is 1. The van der Waals surface area contributed by atoms with Crippen molar-refractivity contribution in [2.24, 2.45) is 0 Å². The van der Waals surface area contributed by atoms with Crippen LogP contribution in [0.1, 0.15) is 136 Å². The van der Waals surface area contributed by atoms with Gasteiger partial charge in [0.2, 0.25) is 0 Å². The number of carbonyl (C=O) groups is 3. The molecule has 0 aliphatic carbocycles. The molecule has 2 unspecified atom stereocenters. The Morgan fingerprint density at radius 1 is 0.534 bits per heavy atom. The lowest BCUT2D eigenvalue weighted by atomic mass is 10.1. The average molecular weight is 810 g/mol. The third kappa shape index (κ3) is 40.4. The Kier molecular flexibility index (Phi) is 37.4. The highest BCUT2D eigenvalue weighted by atomic mass is 16.7. The van der Waals surface area contributed by atoms with Gasteiger partial charge in [-0.05, 0) is 77.0 Å². The second-order valence-corrected chi connectivity index (χ2v) is 15.3. The summed E-state index contributed by atoms with van der Waals surface area (Å²) < 4.78 is 22.3. The topological polar surface area (TPSA) is 111 Å².